The van der Waals surface area contributed by atoms with E-state index in [4.69, 9.17) is 5.73 Å². The van der Waals surface area contributed by atoms with Gasteiger partial charge in [0.05, 0.1) is 5.56 Å². The molecule has 0 aliphatic carbocycles. The SMILES string of the molecule is NC(CSc1ncns1)c1cccc(C(F)(F)F)c1. The molecule has 2 rings (SSSR count). The molecule has 1 aromatic carbocycles. The topological polar surface area (TPSA) is 51.8 Å². The Morgan fingerprint density at radius 1 is 1.37 bits per heavy atom. The molecule has 0 saturated heterocycles. The van der Waals surface area contributed by atoms with E-state index >= 15 is 0 Å². The summed E-state index contributed by atoms with van der Waals surface area (Å²) in [6, 6.07) is 4.62. The molecule has 0 aliphatic rings. The fourth-order valence-electron chi connectivity index (χ4n) is 1.43. The van der Waals surface area contributed by atoms with Gasteiger partial charge in [0, 0.05) is 11.8 Å². The van der Waals surface area contributed by atoms with Crippen molar-refractivity contribution < 1.29 is 13.2 Å². The third-order valence-electron chi connectivity index (χ3n) is 2.37. The fourth-order valence-corrected chi connectivity index (χ4v) is 2.89. The average molecular weight is 305 g/mol. The van der Waals surface area contributed by atoms with E-state index in [9.17, 15) is 13.2 Å². The van der Waals surface area contributed by atoms with Gasteiger partial charge in [0.2, 0.25) is 0 Å². The third kappa shape index (κ3) is 3.92. The molecule has 0 fully saturated rings. The maximum Gasteiger partial charge on any atom is 0.416 e. The van der Waals surface area contributed by atoms with E-state index in [1.165, 1.54) is 35.7 Å². The maximum absolute atomic E-state index is 12.6. The van der Waals surface area contributed by atoms with Crippen LogP contribution in [0.5, 0.6) is 0 Å². The molecule has 0 saturated carbocycles. The zero-order valence-electron chi connectivity index (χ0n) is 9.59. The van der Waals surface area contributed by atoms with Crippen LogP contribution in [0, 0.1) is 0 Å². The van der Waals surface area contributed by atoms with E-state index in [0.717, 1.165) is 16.5 Å². The third-order valence-corrected chi connectivity index (χ3v) is 4.29. The standard InChI is InChI=1S/C11H10F3N3S2/c12-11(13,14)8-3-1-2-7(4-8)9(15)5-18-10-16-6-17-19-10/h1-4,6,9H,5,15H2. The first-order valence-electron chi connectivity index (χ1n) is 5.29. The number of hydrogen-bond donors (Lipinski definition) is 1. The quantitative estimate of drug-likeness (QED) is 0.880. The van der Waals surface area contributed by atoms with E-state index < -0.39 is 17.8 Å². The van der Waals surface area contributed by atoms with Crippen LogP contribution in [0.2, 0.25) is 0 Å². The Hall–Kier alpha value is -1.12. The van der Waals surface area contributed by atoms with Crippen LogP contribution in [0.4, 0.5) is 13.2 Å². The summed E-state index contributed by atoms with van der Waals surface area (Å²) in [7, 11) is 0. The lowest BCUT2D eigenvalue weighted by Gasteiger charge is -2.13. The van der Waals surface area contributed by atoms with Crippen molar-refractivity contribution in [2.24, 2.45) is 5.73 Å². The van der Waals surface area contributed by atoms with Crippen molar-refractivity contribution in [1.29, 1.82) is 0 Å². The maximum atomic E-state index is 12.6. The second-order valence-electron chi connectivity index (χ2n) is 3.75. The number of hydrogen-bond acceptors (Lipinski definition) is 5. The van der Waals surface area contributed by atoms with E-state index in [0.29, 0.717) is 11.3 Å². The van der Waals surface area contributed by atoms with Gasteiger partial charge < -0.3 is 5.73 Å². The molecule has 0 spiro atoms. The number of nitrogens with zero attached hydrogens (tertiary/aromatic N) is 2. The Balaban J connectivity index is 2.04. The molecule has 0 bridgehead atoms. The van der Waals surface area contributed by atoms with Crippen molar-refractivity contribution in [3.63, 3.8) is 0 Å². The number of halogens is 3. The van der Waals surface area contributed by atoms with E-state index in [-0.39, 0.29) is 0 Å². The molecule has 1 atom stereocenters. The first kappa shape index (κ1) is 14.3. The van der Waals surface area contributed by atoms with Crippen LogP contribution < -0.4 is 5.73 Å². The summed E-state index contributed by atoms with van der Waals surface area (Å²) < 4.78 is 42.3. The van der Waals surface area contributed by atoms with Gasteiger partial charge in [-0.3, -0.25) is 0 Å². The van der Waals surface area contributed by atoms with Crippen LogP contribution in [0.3, 0.4) is 0 Å². The van der Waals surface area contributed by atoms with Crippen LogP contribution in [0.15, 0.2) is 34.9 Å². The van der Waals surface area contributed by atoms with Crippen LogP contribution in [-0.2, 0) is 6.18 Å². The molecule has 1 unspecified atom stereocenters. The van der Waals surface area contributed by atoms with E-state index in [2.05, 4.69) is 9.36 Å². The van der Waals surface area contributed by atoms with Gasteiger partial charge in [-0.15, -0.1) is 0 Å². The van der Waals surface area contributed by atoms with Crippen molar-refractivity contribution in [1.82, 2.24) is 9.36 Å². The number of nitrogens with two attached hydrogens (primary N) is 1. The van der Waals surface area contributed by atoms with E-state index in [1.54, 1.807) is 6.07 Å². The number of thioether (sulfide) groups is 1. The Morgan fingerprint density at radius 3 is 2.79 bits per heavy atom. The van der Waals surface area contributed by atoms with Gasteiger partial charge in [0.1, 0.15) is 6.33 Å². The Bertz CT molecular complexity index is 528. The van der Waals surface area contributed by atoms with Gasteiger partial charge in [-0.2, -0.15) is 17.5 Å². The van der Waals surface area contributed by atoms with Crippen molar-refractivity contribution in [3.05, 3.63) is 41.7 Å². The Morgan fingerprint density at radius 2 is 2.16 bits per heavy atom. The number of rotatable bonds is 4. The fraction of sp³-hybridized carbons (Fsp3) is 0.273. The van der Waals surface area contributed by atoms with Gasteiger partial charge >= 0.3 is 6.18 Å². The van der Waals surface area contributed by atoms with E-state index in [1.807, 2.05) is 0 Å². The summed E-state index contributed by atoms with van der Waals surface area (Å²) in [4.78, 5) is 3.97. The highest BCUT2D eigenvalue weighted by atomic mass is 32.2. The van der Waals surface area contributed by atoms with Crippen LogP contribution >= 0.6 is 23.3 Å². The summed E-state index contributed by atoms with van der Waals surface area (Å²) in [6.07, 6.45) is -2.91. The number of benzene rings is 1. The lowest BCUT2D eigenvalue weighted by Crippen LogP contribution is -2.14. The molecule has 0 aliphatic heterocycles. The molecule has 2 aromatic rings. The highest BCUT2D eigenvalue weighted by Gasteiger charge is 2.30. The molecule has 3 nitrogen and oxygen atoms in total. The lowest BCUT2D eigenvalue weighted by molar-refractivity contribution is -0.137. The molecule has 2 N–H and O–H groups in total. The average Bonchev–Trinajstić information content (AvgIpc) is 2.88. The molecular weight excluding hydrogens is 295 g/mol. The van der Waals surface area contributed by atoms with Gasteiger partial charge in [0.25, 0.3) is 0 Å². The van der Waals surface area contributed by atoms with Gasteiger partial charge in [-0.1, -0.05) is 23.9 Å². The molecule has 0 radical (unpaired) electrons. The van der Waals surface area contributed by atoms with Crippen molar-refractivity contribution >= 4 is 23.3 Å². The lowest BCUT2D eigenvalue weighted by atomic mass is 10.1. The molecule has 0 amide bonds. The first-order chi connectivity index (χ1) is 8.97. The van der Waals surface area contributed by atoms with Gasteiger partial charge in [0.15, 0.2) is 4.34 Å². The van der Waals surface area contributed by atoms with Gasteiger partial charge in [-0.05, 0) is 29.2 Å². The highest BCUT2D eigenvalue weighted by Crippen LogP contribution is 2.31. The minimum absolute atomic E-state index is 0.455. The minimum atomic E-state index is -4.35. The van der Waals surface area contributed by atoms with Crippen LogP contribution in [0.1, 0.15) is 17.2 Å². The molecule has 1 aromatic heterocycles. The normalized spacial score (nSPS) is 13.5. The van der Waals surface area contributed by atoms with Crippen molar-refractivity contribution in [2.75, 3.05) is 5.75 Å². The predicted molar refractivity (Wildman–Crippen MR) is 69.0 cm³/mol. The Labute approximate surface area is 116 Å². The Kier molecular flexibility index (Phi) is 4.43. The summed E-state index contributed by atoms with van der Waals surface area (Å²) in [5.74, 6) is 0.455. The van der Waals surface area contributed by atoms with Crippen LogP contribution in [-0.4, -0.2) is 15.1 Å². The second-order valence-corrected chi connectivity index (χ2v) is 5.80. The van der Waals surface area contributed by atoms with Crippen molar-refractivity contribution in [3.8, 4) is 0 Å². The summed E-state index contributed by atoms with van der Waals surface area (Å²) in [6.45, 7) is 0. The number of alkyl halides is 3. The van der Waals surface area contributed by atoms with Crippen molar-refractivity contribution in [2.45, 2.75) is 16.6 Å². The highest BCUT2D eigenvalue weighted by molar-refractivity contribution is 8.00. The molecule has 1 heterocycles. The number of aromatic nitrogens is 2. The second kappa shape index (κ2) is 5.89. The predicted octanol–water partition coefficient (Wildman–Crippen LogP) is 3.35. The molecular formula is C11H10F3N3S2. The zero-order chi connectivity index (χ0) is 13.9. The zero-order valence-corrected chi connectivity index (χ0v) is 11.2. The first-order valence-corrected chi connectivity index (χ1v) is 7.05. The van der Waals surface area contributed by atoms with Gasteiger partial charge in [-0.25, -0.2) is 4.98 Å². The largest absolute Gasteiger partial charge is 0.416 e. The minimum Gasteiger partial charge on any atom is -0.323 e. The van der Waals surface area contributed by atoms with Crippen LogP contribution in [0.25, 0.3) is 0 Å². The summed E-state index contributed by atoms with van der Waals surface area (Å²) >= 11 is 2.62. The summed E-state index contributed by atoms with van der Waals surface area (Å²) in [5.41, 5.74) is 5.68. The molecule has 19 heavy (non-hydrogen) atoms. The molecule has 8 heteroatoms. The monoisotopic (exact) mass is 305 g/mol. The smallest absolute Gasteiger partial charge is 0.323 e. The molecule has 102 valence electrons. The summed E-state index contributed by atoms with van der Waals surface area (Å²) in [5, 5.41) is 0.